The number of methoxy groups -OCH3 is 1. The fourth-order valence-corrected chi connectivity index (χ4v) is 2.66. The fourth-order valence-electron chi connectivity index (χ4n) is 2.35. The third kappa shape index (κ3) is 3.88. The number of aromatic nitrogens is 1. The highest BCUT2D eigenvalue weighted by atomic mass is 35.5. The van der Waals surface area contributed by atoms with Crippen LogP contribution in [0.2, 0.25) is 10.2 Å². The topological polar surface area (TPSA) is 57.4 Å². The highest BCUT2D eigenvalue weighted by molar-refractivity contribution is 6.41. The van der Waals surface area contributed by atoms with E-state index in [9.17, 15) is 4.79 Å². The summed E-state index contributed by atoms with van der Waals surface area (Å²) in [6, 6.07) is 1.91. The second-order valence-corrected chi connectivity index (χ2v) is 5.67. The molecule has 1 amide bonds. The van der Waals surface area contributed by atoms with Crippen LogP contribution in [0.5, 0.6) is 0 Å². The van der Waals surface area contributed by atoms with E-state index in [1.54, 1.807) is 18.1 Å². The second-order valence-electron chi connectivity index (χ2n) is 4.88. The van der Waals surface area contributed by atoms with Crippen LogP contribution in [0.4, 0.5) is 0 Å². The summed E-state index contributed by atoms with van der Waals surface area (Å²) in [5.41, 5.74) is 0.411. The molecule has 2 heterocycles. The van der Waals surface area contributed by atoms with Gasteiger partial charge in [0.25, 0.3) is 5.91 Å². The number of carbonyl (C=O) groups is 1. The molecule has 0 aromatic carbocycles. The van der Waals surface area contributed by atoms with E-state index in [0.29, 0.717) is 41.6 Å². The Balaban J connectivity index is 2.05. The number of halogens is 2. The summed E-state index contributed by atoms with van der Waals surface area (Å²) >= 11 is 11.7. The minimum Gasteiger partial charge on any atom is -0.383 e. The largest absolute Gasteiger partial charge is 0.383 e. The summed E-state index contributed by atoms with van der Waals surface area (Å²) in [5, 5.41) is 4.04. The molecule has 7 heteroatoms. The number of hydrogen-bond donors (Lipinski definition) is 2. The fraction of sp³-hybridized carbons (Fsp3) is 0.615. The lowest BCUT2D eigenvalue weighted by molar-refractivity contribution is 0.0674. The third-order valence-corrected chi connectivity index (χ3v) is 4.10. The number of ether oxygens (including phenoxy) is 1. The first-order valence-electron chi connectivity index (χ1n) is 6.67. The molecule has 1 aromatic rings. The normalized spacial score (nSPS) is 18.4. The van der Waals surface area contributed by atoms with Crippen LogP contribution in [0.1, 0.15) is 23.3 Å². The average molecular weight is 320 g/mol. The predicted octanol–water partition coefficient (Wildman–Crippen LogP) is 2.16. The standard InChI is InChI=1S/C13H19Cl2N3O2/c1-20-6-5-18(8-9-3-2-4-16-9)13(19)11-7-10(14)12(15)17-11/h7,9,16-17H,2-6,8H2,1H3. The molecule has 0 bridgehead atoms. The minimum atomic E-state index is -0.107. The second kappa shape index (κ2) is 7.31. The number of H-pyrrole nitrogens is 1. The molecule has 1 aliphatic heterocycles. The van der Waals surface area contributed by atoms with Gasteiger partial charge in [0.05, 0.1) is 11.6 Å². The lowest BCUT2D eigenvalue weighted by Gasteiger charge is -2.25. The van der Waals surface area contributed by atoms with Gasteiger partial charge < -0.3 is 19.9 Å². The van der Waals surface area contributed by atoms with E-state index >= 15 is 0 Å². The van der Waals surface area contributed by atoms with E-state index in [0.717, 1.165) is 19.4 Å². The van der Waals surface area contributed by atoms with Gasteiger partial charge in [-0.2, -0.15) is 0 Å². The maximum absolute atomic E-state index is 12.5. The molecule has 0 spiro atoms. The van der Waals surface area contributed by atoms with Gasteiger partial charge >= 0.3 is 0 Å². The van der Waals surface area contributed by atoms with Crippen LogP contribution in [0, 0.1) is 0 Å². The highest BCUT2D eigenvalue weighted by Crippen LogP contribution is 2.23. The van der Waals surface area contributed by atoms with E-state index in [-0.39, 0.29) is 5.91 Å². The quantitative estimate of drug-likeness (QED) is 0.844. The van der Waals surface area contributed by atoms with E-state index in [4.69, 9.17) is 27.9 Å². The van der Waals surface area contributed by atoms with Crippen LogP contribution in [0.25, 0.3) is 0 Å². The Hall–Kier alpha value is -0.750. The Morgan fingerprint density at radius 2 is 2.35 bits per heavy atom. The zero-order chi connectivity index (χ0) is 14.5. The molecule has 1 aromatic heterocycles. The van der Waals surface area contributed by atoms with Crippen molar-refractivity contribution in [1.29, 1.82) is 0 Å². The first kappa shape index (κ1) is 15.6. The lowest BCUT2D eigenvalue weighted by Crippen LogP contribution is -2.42. The molecular formula is C13H19Cl2N3O2. The van der Waals surface area contributed by atoms with E-state index in [1.165, 1.54) is 0 Å². The Morgan fingerprint density at radius 1 is 1.55 bits per heavy atom. The summed E-state index contributed by atoms with van der Waals surface area (Å²) in [6.07, 6.45) is 2.24. The summed E-state index contributed by atoms with van der Waals surface area (Å²) in [7, 11) is 1.62. The van der Waals surface area contributed by atoms with Crippen molar-refractivity contribution in [3.63, 3.8) is 0 Å². The van der Waals surface area contributed by atoms with Crippen LogP contribution in [-0.2, 0) is 4.74 Å². The van der Waals surface area contributed by atoms with Crippen LogP contribution in [0.15, 0.2) is 6.07 Å². The van der Waals surface area contributed by atoms with Gasteiger partial charge in [0, 0.05) is 26.2 Å². The van der Waals surface area contributed by atoms with Crippen molar-refractivity contribution >= 4 is 29.1 Å². The number of hydrogen-bond acceptors (Lipinski definition) is 3. The van der Waals surface area contributed by atoms with Crippen molar-refractivity contribution in [3.05, 3.63) is 21.9 Å². The molecule has 0 radical (unpaired) electrons. The molecule has 112 valence electrons. The molecule has 1 aliphatic rings. The Kier molecular flexibility index (Phi) is 5.72. The van der Waals surface area contributed by atoms with Gasteiger partial charge in [-0.15, -0.1) is 0 Å². The Morgan fingerprint density at radius 3 is 2.90 bits per heavy atom. The number of nitrogens with zero attached hydrogens (tertiary/aromatic N) is 1. The van der Waals surface area contributed by atoms with Gasteiger partial charge in [-0.3, -0.25) is 4.79 Å². The van der Waals surface area contributed by atoms with Crippen molar-refractivity contribution in [2.75, 3.05) is 33.4 Å². The van der Waals surface area contributed by atoms with Crippen molar-refractivity contribution in [3.8, 4) is 0 Å². The molecule has 1 saturated heterocycles. The van der Waals surface area contributed by atoms with Crippen LogP contribution in [-0.4, -0.2) is 55.2 Å². The van der Waals surface area contributed by atoms with Crippen molar-refractivity contribution in [2.45, 2.75) is 18.9 Å². The number of amides is 1. The summed E-state index contributed by atoms with van der Waals surface area (Å²) in [5.74, 6) is -0.107. The molecule has 0 aliphatic carbocycles. The van der Waals surface area contributed by atoms with Gasteiger partial charge in [-0.1, -0.05) is 23.2 Å². The van der Waals surface area contributed by atoms with Crippen molar-refractivity contribution < 1.29 is 9.53 Å². The maximum atomic E-state index is 12.5. The smallest absolute Gasteiger partial charge is 0.270 e. The predicted molar refractivity (Wildman–Crippen MR) is 79.6 cm³/mol. The van der Waals surface area contributed by atoms with Gasteiger partial charge in [0.1, 0.15) is 10.8 Å². The van der Waals surface area contributed by atoms with Crippen LogP contribution >= 0.6 is 23.2 Å². The lowest BCUT2D eigenvalue weighted by atomic mass is 10.2. The van der Waals surface area contributed by atoms with Gasteiger partial charge in [-0.05, 0) is 25.5 Å². The molecule has 1 unspecified atom stereocenters. The minimum absolute atomic E-state index is 0.107. The first-order chi connectivity index (χ1) is 9.61. The Bertz CT molecular complexity index is 439. The van der Waals surface area contributed by atoms with Crippen LogP contribution < -0.4 is 5.32 Å². The zero-order valence-corrected chi connectivity index (χ0v) is 12.9. The SMILES string of the molecule is COCCN(CC1CCCN1)C(=O)c1cc(Cl)c(Cl)[nH]1. The molecule has 0 saturated carbocycles. The maximum Gasteiger partial charge on any atom is 0.270 e. The zero-order valence-electron chi connectivity index (χ0n) is 11.4. The van der Waals surface area contributed by atoms with Gasteiger partial charge in [-0.25, -0.2) is 0 Å². The highest BCUT2D eigenvalue weighted by Gasteiger charge is 2.23. The van der Waals surface area contributed by atoms with Gasteiger partial charge in [0.15, 0.2) is 0 Å². The molecular weight excluding hydrogens is 301 g/mol. The van der Waals surface area contributed by atoms with Crippen molar-refractivity contribution in [2.24, 2.45) is 0 Å². The average Bonchev–Trinajstić information content (AvgIpc) is 3.05. The molecule has 2 N–H and O–H groups in total. The molecule has 5 nitrogen and oxygen atoms in total. The van der Waals surface area contributed by atoms with E-state index in [2.05, 4.69) is 10.3 Å². The molecule has 2 rings (SSSR count). The summed E-state index contributed by atoms with van der Waals surface area (Å²) < 4.78 is 5.08. The van der Waals surface area contributed by atoms with Gasteiger partial charge in [0.2, 0.25) is 0 Å². The number of carbonyl (C=O) groups excluding carboxylic acids is 1. The number of nitrogens with one attached hydrogen (secondary N) is 2. The van der Waals surface area contributed by atoms with Crippen molar-refractivity contribution in [1.82, 2.24) is 15.2 Å². The monoisotopic (exact) mass is 319 g/mol. The molecule has 1 atom stereocenters. The third-order valence-electron chi connectivity index (χ3n) is 3.41. The van der Waals surface area contributed by atoms with E-state index in [1.807, 2.05) is 0 Å². The molecule has 1 fully saturated rings. The Labute approximate surface area is 128 Å². The summed E-state index contributed by atoms with van der Waals surface area (Å²) in [6.45, 7) is 2.72. The van der Waals surface area contributed by atoms with E-state index < -0.39 is 0 Å². The summed E-state index contributed by atoms with van der Waals surface area (Å²) in [4.78, 5) is 17.1. The first-order valence-corrected chi connectivity index (χ1v) is 7.43. The van der Waals surface area contributed by atoms with Crippen LogP contribution in [0.3, 0.4) is 0 Å². The molecule has 20 heavy (non-hydrogen) atoms. The number of aromatic amines is 1. The number of rotatable bonds is 6.